The van der Waals surface area contributed by atoms with Crippen molar-refractivity contribution in [1.29, 1.82) is 0 Å². The molecule has 1 aliphatic rings. The van der Waals surface area contributed by atoms with Gasteiger partial charge >= 0.3 is 0 Å². The molecule has 0 saturated carbocycles. The lowest BCUT2D eigenvalue weighted by Gasteiger charge is -2.38. The zero-order valence-corrected chi connectivity index (χ0v) is 19.2. The molecule has 2 aromatic heterocycles. The Hall–Kier alpha value is -2.38. The number of carbonyl (C=O) groups is 1. The van der Waals surface area contributed by atoms with E-state index in [2.05, 4.69) is 59.2 Å². The minimum atomic E-state index is -0.602. The fourth-order valence-electron chi connectivity index (χ4n) is 3.69. The summed E-state index contributed by atoms with van der Waals surface area (Å²) in [4.78, 5) is 22.3. The van der Waals surface area contributed by atoms with Crippen LogP contribution in [0.1, 0.15) is 49.8 Å². The molecule has 3 rings (SSSR count). The molecule has 0 saturated heterocycles. The fourth-order valence-corrected chi connectivity index (χ4v) is 3.99. The van der Waals surface area contributed by atoms with Crippen LogP contribution in [0.4, 0.5) is 5.69 Å². The molecule has 7 heteroatoms. The van der Waals surface area contributed by atoms with E-state index in [-0.39, 0.29) is 12.5 Å². The Kier molecular flexibility index (Phi) is 6.83. The van der Waals surface area contributed by atoms with Crippen LogP contribution in [-0.4, -0.2) is 40.5 Å². The standard InChI is InChI=1S/C23H30N4O2S/c1-6-9-27(13-15(2)10-18-11-16(3)24-17(4)12-18)23(5,30)20-8-7-19-22(26-20)29-14-21(28)25-19/h7-8,10-12,30H,6,9,13-14H2,1-5H3,(H,25,28)/b15-10+/t23-/m0/s1. The number of hydrogen-bond acceptors (Lipinski definition) is 6. The van der Waals surface area contributed by atoms with Crippen molar-refractivity contribution in [3.8, 4) is 5.88 Å². The van der Waals surface area contributed by atoms with Gasteiger partial charge in [0, 0.05) is 17.9 Å². The van der Waals surface area contributed by atoms with Crippen molar-refractivity contribution in [2.75, 3.05) is 25.0 Å². The molecule has 0 fully saturated rings. The normalized spacial score (nSPS) is 16.0. The molecule has 30 heavy (non-hydrogen) atoms. The number of hydrogen-bond donors (Lipinski definition) is 2. The van der Waals surface area contributed by atoms with Crippen molar-refractivity contribution in [3.63, 3.8) is 0 Å². The topological polar surface area (TPSA) is 67.3 Å². The zero-order valence-electron chi connectivity index (χ0n) is 18.3. The number of anilines is 1. The Morgan fingerprint density at radius 3 is 2.67 bits per heavy atom. The van der Waals surface area contributed by atoms with Crippen LogP contribution in [-0.2, 0) is 9.67 Å². The number of rotatable bonds is 7. The molecular formula is C23H30N4O2S. The van der Waals surface area contributed by atoms with Gasteiger partial charge in [-0.1, -0.05) is 18.6 Å². The second kappa shape index (κ2) is 9.18. The maximum absolute atomic E-state index is 11.5. The number of pyridine rings is 2. The third-order valence-electron chi connectivity index (χ3n) is 5.03. The molecule has 1 N–H and O–H groups in total. The van der Waals surface area contributed by atoms with Crippen molar-refractivity contribution < 1.29 is 9.53 Å². The number of nitrogens with zero attached hydrogens (tertiary/aromatic N) is 3. The quantitative estimate of drug-likeness (QED) is 0.509. The van der Waals surface area contributed by atoms with Crippen LogP contribution in [0.3, 0.4) is 0 Å². The van der Waals surface area contributed by atoms with E-state index in [1.165, 1.54) is 5.57 Å². The summed E-state index contributed by atoms with van der Waals surface area (Å²) >= 11 is 5.01. The lowest BCUT2D eigenvalue weighted by Crippen LogP contribution is -2.42. The van der Waals surface area contributed by atoms with E-state index in [4.69, 9.17) is 17.4 Å². The first-order valence-electron chi connectivity index (χ1n) is 10.2. The molecular weight excluding hydrogens is 396 g/mol. The van der Waals surface area contributed by atoms with Crippen LogP contribution >= 0.6 is 12.6 Å². The first kappa shape index (κ1) is 22.3. The Morgan fingerprint density at radius 1 is 1.30 bits per heavy atom. The first-order valence-corrected chi connectivity index (χ1v) is 10.7. The minimum absolute atomic E-state index is 0.0158. The van der Waals surface area contributed by atoms with E-state index < -0.39 is 4.87 Å². The summed E-state index contributed by atoms with van der Waals surface area (Å²) in [6.45, 7) is 12.0. The fraction of sp³-hybridized carbons (Fsp3) is 0.435. The van der Waals surface area contributed by atoms with Gasteiger partial charge in [-0.3, -0.25) is 14.7 Å². The molecule has 0 unspecified atom stereocenters. The molecule has 160 valence electrons. The molecule has 1 aliphatic heterocycles. The number of thiol groups is 1. The van der Waals surface area contributed by atoms with Gasteiger partial charge < -0.3 is 10.1 Å². The molecule has 1 amide bonds. The molecule has 1 atom stereocenters. The van der Waals surface area contributed by atoms with Crippen LogP contribution in [0.5, 0.6) is 5.88 Å². The van der Waals surface area contributed by atoms with E-state index >= 15 is 0 Å². The predicted molar refractivity (Wildman–Crippen MR) is 124 cm³/mol. The number of ether oxygens (including phenoxy) is 1. The van der Waals surface area contributed by atoms with Gasteiger partial charge in [-0.2, -0.15) is 12.6 Å². The molecule has 2 aromatic rings. The molecule has 0 radical (unpaired) electrons. The largest absolute Gasteiger partial charge is 0.466 e. The monoisotopic (exact) mass is 426 g/mol. The van der Waals surface area contributed by atoms with E-state index in [0.717, 1.165) is 42.2 Å². The minimum Gasteiger partial charge on any atom is -0.466 e. The zero-order chi connectivity index (χ0) is 21.9. The van der Waals surface area contributed by atoms with Gasteiger partial charge in [0.2, 0.25) is 5.88 Å². The van der Waals surface area contributed by atoms with E-state index in [1.54, 1.807) is 0 Å². The number of aryl methyl sites for hydroxylation is 2. The third-order valence-corrected chi connectivity index (χ3v) is 5.54. The van der Waals surface area contributed by atoms with Crippen LogP contribution in [0.2, 0.25) is 0 Å². The molecule has 0 bridgehead atoms. The summed E-state index contributed by atoms with van der Waals surface area (Å²) in [6.07, 6.45) is 3.20. The number of nitrogens with one attached hydrogen (secondary N) is 1. The van der Waals surface area contributed by atoms with Gasteiger partial charge in [-0.05, 0) is 70.5 Å². The number of aromatic nitrogens is 2. The Balaban J connectivity index is 1.85. The number of fused-ring (bicyclic) bond motifs is 1. The summed E-state index contributed by atoms with van der Waals surface area (Å²) in [7, 11) is 0. The Morgan fingerprint density at radius 2 is 2.00 bits per heavy atom. The maximum atomic E-state index is 11.5. The second-order valence-corrected chi connectivity index (χ2v) is 8.87. The smallest absolute Gasteiger partial charge is 0.262 e. The summed E-state index contributed by atoms with van der Waals surface area (Å²) in [5, 5.41) is 2.78. The summed E-state index contributed by atoms with van der Waals surface area (Å²) in [5.41, 5.74) is 5.81. The van der Waals surface area contributed by atoms with Crippen LogP contribution < -0.4 is 10.1 Å². The Labute approximate surface area is 184 Å². The average molecular weight is 427 g/mol. The third kappa shape index (κ3) is 5.21. The van der Waals surface area contributed by atoms with Crippen molar-refractivity contribution in [1.82, 2.24) is 14.9 Å². The number of amides is 1. The van der Waals surface area contributed by atoms with Gasteiger partial charge in [0.1, 0.15) is 10.6 Å². The second-order valence-electron chi connectivity index (χ2n) is 8.00. The van der Waals surface area contributed by atoms with Gasteiger partial charge in [0.05, 0.1) is 5.69 Å². The van der Waals surface area contributed by atoms with Crippen LogP contribution in [0.15, 0.2) is 29.8 Å². The molecule has 3 heterocycles. The van der Waals surface area contributed by atoms with Crippen molar-refractivity contribution >= 4 is 30.3 Å². The number of carbonyl (C=O) groups excluding carboxylic acids is 1. The van der Waals surface area contributed by atoms with Gasteiger partial charge in [-0.25, -0.2) is 4.98 Å². The summed E-state index contributed by atoms with van der Waals surface area (Å²) in [6, 6.07) is 7.92. The van der Waals surface area contributed by atoms with E-state index in [0.29, 0.717) is 11.6 Å². The highest BCUT2D eigenvalue weighted by Crippen LogP contribution is 2.36. The molecule has 0 aromatic carbocycles. The maximum Gasteiger partial charge on any atom is 0.262 e. The molecule has 6 nitrogen and oxygen atoms in total. The SMILES string of the molecule is CCCN(C/C(C)=C/c1cc(C)nc(C)c1)[C@@](C)(S)c1ccc2c(n1)OCC(=O)N2. The molecule has 0 spiro atoms. The highest BCUT2D eigenvalue weighted by Gasteiger charge is 2.32. The van der Waals surface area contributed by atoms with Crippen molar-refractivity contribution in [2.45, 2.75) is 45.9 Å². The first-order chi connectivity index (χ1) is 14.2. The summed E-state index contributed by atoms with van der Waals surface area (Å²) < 4.78 is 5.50. The van der Waals surface area contributed by atoms with Crippen molar-refractivity contribution in [2.24, 2.45) is 0 Å². The van der Waals surface area contributed by atoms with Crippen LogP contribution in [0.25, 0.3) is 6.08 Å². The van der Waals surface area contributed by atoms with E-state index in [1.807, 2.05) is 26.0 Å². The van der Waals surface area contributed by atoms with Crippen LogP contribution in [0, 0.1) is 13.8 Å². The highest BCUT2D eigenvalue weighted by molar-refractivity contribution is 7.81. The lowest BCUT2D eigenvalue weighted by atomic mass is 10.1. The van der Waals surface area contributed by atoms with E-state index in [9.17, 15) is 4.79 Å². The molecule has 0 aliphatic carbocycles. The lowest BCUT2D eigenvalue weighted by molar-refractivity contribution is -0.118. The van der Waals surface area contributed by atoms with Crippen molar-refractivity contribution in [3.05, 3.63) is 52.5 Å². The summed E-state index contributed by atoms with van der Waals surface area (Å²) in [5.74, 6) is 0.277. The average Bonchev–Trinajstić information content (AvgIpc) is 2.66. The Bertz CT molecular complexity index is 951. The van der Waals surface area contributed by atoms with Gasteiger partial charge in [0.15, 0.2) is 6.61 Å². The van der Waals surface area contributed by atoms with Gasteiger partial charge in [-0.15, -0.1) is 0 Å². The highest BCUT2D eigenvalue weighted by atomic mass is 32.1. The van der Waals surface area contributed by atoms with Gasteiger partial charge in [0.25, 0.3) is 5.91 Å². The predicted octanol–water partition coefficient (Wildman–Crippen LogP) is 4.34.